The Kier molecular flexibility index (Phi) is 2.78. The van der Waals surface area contributed by atoms with Gasteiger partial charge in [-0.25, -0.2) is 4.79 Å². The van der Waals surface area contributed by atoms with Crippen LogP contribution in [0.5, 0.6) is 5.75 Å². The molecule has 0 spiro atoms. The van der Waals surface area contributed by atoms with Crippen LogP contribution in [0.1, 0.15) is 12.0 Å². The highest BCUT2D eigenvalue weighted by Gasteiger charge is 2.19. The zero-order valence-corrected chi connectivity index (χ0v) is 8.75. The number of aliphatic carboxylic acids is 1. The molecule has 1 aromatic rings. The maximum absolute atomic E-state index is 10.6. The van der Waals surface area contributed by atoms with Crippen molar-refractivity contribution in [3.8, 4) is 5.75 Å². The second-order valence-corrected chi connectivity index (χ2v) is 3.54. The van der Waals surface area contributed by atoms with E-state index in [0.29, 0.717) is 29.9 Å². The Hall–Kier alpha value is -2.37. The number of rotatable bonds is 2. The van der Waals surface area contributed by atoms with E-state index in [0.717, 1.165) is 6.08 Å². The van der Waals surface area contributed by atoms with Crippen molar-refractivity contribution in [3.63, 3.8) is 0 Å². The minimum Gasteiger partial charge on any atom is -0.493 e. The van der Waals surface area contributed by atoms with Gasteiger partial charge in [-0.15, -0.1) is 0 Å². The van der Waals surface area contributed by atoms with Crippen LogP contribution >= 0.6 is 0 Å². The van der Waals surface area contributed by atoms with Crippen LogP contribution in [0.2, 0.25) is 0 Å². The molecule has 1 aromatic carbocycles. The van der Waals surface area contributed by atoms with Gasteiger partial charge in [-0.3, -0.25) is 10.1 Å². The molecule has 1 heterocycles. The summed E-state index contributed by atoms with van der Waals surface area (Å²) in [6.07, 6.45) is 1.49. The molecule has 6 heteroatoms. The Morgan fingerprint density at radius 2 is 2.29 bits per heavy atom. The lowest BCUT2D eigenvalue weighted by Gasteiger charge is -2.19. The molecule has 0 amide bonds. The van der Waals surface area contributed by atoms with Crippen molar-refractivity contribution >= 4 is 17.2 Å². The van der Waals surface area contributed by atoms with E-state index in [1.165, 1.54) is 18.2 Å². The minimum absolute atomic E-state index is 0.0782. The van der Waals surface area contributed by atoms with Gasteiger partial charge in [-0.2, -0.15) is 0 Å². The maximum Gasteiger partial charge on any atom is 0.328 e. The Bertz CT molecular complexity index is 521. The van der Waals surface area contributed by atoms with Gasteiger partial charge in [0.15, 0.2) is 0 Å². The van der Waals surface area contributed by atoms with E-state index in [9.17, 15) is 14.9 Å². The number of carboxylic acids is 1. The van der Waals surface area contributed by atoms with Crippen LogP contribution in [0, 0.1) is 10.1 Å². The van der Waals surface area contributed by atoms with Gasteiger partial charge in [-0.1, -0.05) is 0 Å². The Balaban J connectivity index is 2.52. The molecule has 0 fully saturated rings. The van der Waals surface area contributed by atoms with Gasteiger partial charge in [0.2, 0.25) is 0 Å². The molecule has 1 N–H and O–H groups in total. The lowest BCUT2D eigenvalue weighted by Crippen LogP contribution is -2.09. The van der Waals surface area contributed by atoms with E-state index in [1.807, 2.05) is 0 Å². The van der Waals surface area contributed by atoms with Crippen molar-refractivity contribution in [2.45, 2.75) is 6.42 Å². The number of nitro benzene ring substituents is 1. The number of hydrogen-bond donors (Lipinski definition) is 1. The summed E-state index contributed by atoms with van der Waals surface area (Å²) < 4.78 is 5.31. The number of non-ortho nitro benzene ring substituents is 1. The molecular formula is C11H9NO5. The number of carbonyl (C=O) groups is 1. The molecule has 0 aliphatic carbocycles. The van der Waals surface area contributed by atoms with Crippen LogP contribution in [-0.2, 0) is 4.79 Å². The average Bonchev–Trinajstić information content (AvgIpc) is 2.28. The van der Waals surface area contributed by atoms with Crippen molar-refractivity contribution in [2.75, 3.05) is 6.61 Å². The first-order chi connectivity index (χ1) is 8.08. The standard InChI is InChI=1S/C11H9NO5/c13-11(14)5-7-3-4-17-10-2-1-8(12(15)16)6-9(7)10/h1-2,5-6H,3-4H2,(H,13,14). The molecule has 2 rings (SSSR count). The van der Waals surface area contributed by atoms with Crippen LogP contribution in [0.4, 0.5) is 5.69 Å². The average molecular weight is 235 g/mol. The van der Waals surface area contributed by atoms with E-state index < -0.39 is 10.9 Å². The summed E-state index contributed by atoms with van der Waals surface area (Å²) in [5.41, 5.74) is 0.945. The fourth-order valence-corrected chi connectivity index (χ4v) is 1.71. The van der Waals surface area contributed by atoms with Gasteiger partial charge >= 0.3 is 5.97 Å². The highest BCUT2D eigenvalue weighted by molar-refractivity contribution is 5.91. The molecule has 0 saturated carbocycles. The second-order valence-electron chi connectivity index (χ2n) is 3.54. The largest absolute Gasteiger partial charge is 0.493 e. The van der Waals surface area contributed by atoms with Crippen molar-refractivity contribution < 1.29 is 19.6 Å². The predicted octanol–water partition coefficient (Wildman–Crippen LogP) is 1.85. The zero-order chi connectivity index (χ0) is 12.4. The van der Waals surface area contributed by atoms with Crippen molar-refractivity contribution in [1.29, 1.82) is 0 Å². The fraction of sp³-hybridized carbons (Fsp3) is 0.182. The highest BCUT2D eigenvalue weighted by atomic mass is 16.6. The van der Waals surface area contributed by atoms with Crippen LogP contribution in [-0.4, -0.2) is 22.6 Å². The Morgan fingerprint density at radius 1 is 1.53 bits per heavy atom. The number of nitro groups is 1. The molecule has 0 saturated heterocycles. The van der Waals surface area contributed by atoms with E-state index in [2.05, 4.69) is 0 Å². The number of nitrogens with zero attached hydrogens (tertiary/aromatic N) is 1. The number of carboxylic acid groups (broad SMARTS) is 1. The molecule has 6 nitrogen and oxygen atoms in total. The van der Waals surface area contributed by atoms with Gasteiger partial charge < -0.3 is 9.84 Å². The van der Waals surface area contributed by atoms with Crippen LogP contribution in [0.3, 0.4) is 0 Å². The maximum atomic E-state index is 10.6. The summed E-state index contributed by atoms with van der Waals surface area (Å²) in [6.45, 7) is 0.379. The molecule has 1 aliphatic rings. The van der Waals surface area contributed by atoms with Crippen molar-refractivity contribution in [1.82, 2.24) is 0 Å². The quantitative estimate of drug-likeness (QED) is 0.480. The van der Waals surface area contributed by atoms with Gasteiger partial charge in [0.05, 0.1) is 11.5 Å². The first kappa shape index (κ1) is 11.1. The third-order valence-electron chi connectivity index (χ3n) is 2.45. The highest BCUT2D eigenvalue weighted by Crippen LogP contribution is 2.35. The molecule has 1 aliphatic heterocycles. The smallest absolute Gasteiger partial charge is 0.328 e. The van der Waals surface area contributed by atoms with Crippen molar-refractivity contribution in [2.24, 2.45) is 0 Å². The second kappa shape index (κ2) is 4.25. The fourth-order valence-electron chi connectivity index (χ4n) is 1.71. The van der Waals surface area contributed by atoms with Gasteiger partial charge in [-0.05, 0) is 11.6 Å². The van der Waals surface area contributed by atoms with E-state index in [-0.39, 0.29) is 5.69 Å². The number of fused-ring (bicyclic) bond motifs is 1. The lowest BCUT2D eigenvalue weighted by atomic mass is 9.99. The monoisotopic (exact) mass is 235 g/mol. The number of ether oxygens (including phenoxy) is 1. The van der Waals surface area contributed by atoms with E-state index >= 15 is 0 Å². The summed E-state index contributed by atoms with van der Waals surface area (Å²) in [7, 11) is 0. The first-order valence-corrected chi connectivity index (χ1v) is 4.93. The summed E-state index contributed by atoms with van der Waals surface area (Å²) >= 11 is 0. The molecular weight excluding hydrogens is 226 g/mol. The number of hydrogen-bond acceptors (Lipinski definition) is 4. The number of benzene rings is 1. The molecule has 0 bridgehead atoms. The summed E-state index contributed by atoms with van der Waals surface area (Å²) in [6, 6.07) is 4.16. The molecule has 0 atom stereocenters. The summed E-state index contributed by atoms with van der Waals surface area (Å²) in [5.74, 6) is -0.589. The normalized spacial score (nSPS) is 16.1. The Labute approximate surface area is 96.3 Å². The Morgan fingerprint density at radius 3 is 2.94 bits per heavy atom. The van der Waals surface area contributed by atoms with Crippen LogP contribution in [0.15, 0.2) is 24.3 Å². The lowest BCUT2D eigenvalue weighted by molar-refractivity contribution is -0.384. The van der Waals surface area contributed by atoms with Crippen LogP contribution in [0.25, 0.3) is 5.57 Å². The van der Waals surface area contributed by atoms with E-state index in [1.54, 1.807) is 0 Å². The molecule has 0 radical (unpaired) electrons. The first-order valence-electron chi connectivity index (χ1n) is 4.93. The summed E-state index contributed by atoms with van der Waals surface area (Å²) in [5, 5.41) is 19.4. The zero-order valence-electron chi connectivity index (χ0n) is 8.75. The van der Waals surface area contributed by atoms with Gasteiger partial charge in [0, 0.05) is 30.2 Å². The summed E-state index contributed by atoms with van der Waals surface area (Å²) in [4.78, 5) is 20.8. The van der Waals surface area contributed by atoms with Gasteiger partial charge in [0.25, 0.3) is 5.69 Å². The van der Waals surface area contributed by atoms with Crippen LogP contribution < -0.4 is 4.74 Å². The molecule has 0 unspecified atom stereocenters. The molecule has 0 aromatic heterocycles. The minimum atomic E-state index is -1.07. The van der Waals surface area contributed by atoms with E-state index in [4.69, 9.17) is 9.84 Å². The molecule has 17 heavy (non-hydrogen) atoms. The topological polar surface area (TPSA) is 89.7 Å². The SMILES string of the molecule is O=C(O)C=C1CCOc2ccc([N+](=O)[O-])cc21. The van der Waals surface area contributed by atoms with Gasteiger partial charge in [0.1, 0.15) is 5.75 Å². The third-order valence-corrected chi connectivity index (χ3v) is 2.45. The predicted molar refractivity (Wildman–Crippen MR) is 58.8 cm³/mol. The molecule has 88 valence electrons. The van der Waals surface area contributed by atoms with Crippen molar-refractivity contribution in [3.05, 3.63) is 40.0 Å². The third kappa shape index (κ3) is 2.25.